The molecule has 0 saturated carbocycles. The molecular weight excluding hydrogens is 418 g/mol. The van der Waals surface area contributed by atoms with E-state index in [1.165, 1.54) is 0 Å². The Kier molecular flexibility index (Phi) is 9.34. The molecule has 0 saturated heterocycles. The number of carbonyl (C=O) groups excluding carboxylic acids is 3. The van der Waals surface area contributed by atoms with Gasteiger partial charge in [-0.3, -0.25) is 9.59 Å². The van der Waals surface area contributed by atoms with Crippen molar-refractivity contribution in [2.75, 3.05) is 0 Å². The van der Waals surface area contributed by atoms with E-state index in [4.69, 9.17) is 22.1 Å². The first-order valence-electron chi connectivity index (χ1n) is 10.1. The molecule has 0 spiro atoms. The number of amides is 3. The van der Waals surface area contributed by atoms with Gasteiger partial charge in [0, 0.05) is 11.4 Å². The predicted molar refractivity (Wildman–Crippen MR) is 119 cm³/mol. The SMILES string of the molecule is CC(C)C[C@H](NC(=O)[C@@H](Cc1ccccc1Cl)NC(=O)OCc1ccccc1)C(N)=O. The summed E-state index contributed by atoms with van der Waals surface area (Å²) in [6, 6.07) is 14.4. The van der Waals surface area contributed by atoms with E-state index in [2.05, 4.69) is 10.6 Å². The van der Waals surface area contributed by atoms with Crippen molar-refractivity contribution in [3.63, 3.8) is 0 Å². The zero-order valence-electron chi connectivity index (χ0n) is 17.6. The number of rotatable bonds is 10. The van der Waals surface area contributed by atoms with Gasteiger partial charge in [0.1, 0.15) is 18.7 Å². The van der Waals surface area contributed by atoms with Crippen molar-refractivity contribution in [1.29, 1.82) is 0 Å². The van der Waals surface area contributed by atoms with Crippen LogP contribution in [0, 0.1) is 5.92 Å². The number of hydrogen-bond acceptors (Lipinski definition) is 4. The summed E-state index contributed by atoms with van der Waals surface area (Å²) in [7, 11) is 0. The van der Waals surface area contributed by atoms with E-state index in [9.17, 15) is 14.4 Å². The van der Waals surface area contributed by atoms with Gasteiger partial charge in [-0.2, -0.15) is 0 Å². The zero-order chi connectivity index (χ0) is 22.8. The number of benzene rings is 2. The van der Waals surface area contributed by atoms with Crippen LogP contribution in [0.15, 0.2) is 54.6 Å². The summed E-state index contributed by atoms with van der Waals surface area (Å²) in [5, 5.41) is 5.68. The second-order valence-electron chi connectivity index (χ2n) is 7.65. The van der Waals surface area contributed by atoms with Crippen LogP contribution in [0.1, 0.15) is 31.4 Å². The highest BCUT2D eigenvalue weighted by atomic mass is 35.5. The van der Waals surface area contributed by atoms with E-state index in [0.717, 1.165) is 5.56 Å². The molecule has 0 fully saturated rings. The number of nitrogens with one attached hydrogen (secondary N) is 2. The van der Waals surface area contributed by atoms with Crippen molar-refractivity contribution < 1.29 is 19.1 Å². The van der Waals surface area contributed by atoms with Gasteiger partial charge in [-0.15, -0.1) is 0 Å². The van der Waals surface area contributed by atoms with Crippen molar-refractivity contribution in [1.82, 2.24) is 10.6 Å². The maximum atomic E-state index is 12.9. The van der Waals surface area contributed by atoms with Crippen LogP contribution in [-0.2, 0) is 27.4 Å². The summed E-state index contributed by atoms with van der Waals surface area (Å²) in [6.45, 7) is 3.90. The molecule has 2 rings (SSSR count). The third-order valence-electron chi connectivity index (χ3n) is 4.57. The molecule has 0 heterocycles. The fraction of sp³-hybridized carbons (Fsp3) is 0.348. The van der Waals surface area contributed by atoms with Gasteiger partial charge >= 0.3 is 6.09 Å². The van der Waals surface area contributed by atoms with Gasteiger partial charge in [-0.25, -0.2) is 4.79 Å². The summed E-state index contributed by atoms with van der Waals surface area (Å²) >= 11 is 6.23. The number of hydrogen-bond donors (Lipinski definition) is 3. The zero-order valence-corrected chi connectivity index (χ0v) is 18.4. The van der Waals surface area contributed by atoms with Crippen LogP contribution < -0.4 is 16.4 Å². The van der Waals surface area contributed by atoms with Crippen LogP contribution >= 0.6 is 11.6 Å². The number of primary amides is 1. The van der Waals surface area contributed by atoms with Crippen molar-refractivity contribution in [3.8, 4) is 0 Å². The summed E-state index contributed by atoms with van der Waals surface area (Å²) in [5.41, 5.74) is 6.93. The highest BCUT2D eigenvalue weighted by Crippen LogP contribution is 2.17. The van der Waals surface area contributed by atoms with Crippen molar-refractivity contribution in [2.45, 2.75) is 45.4 Å². The Hall–Kier alpha value is -3.06. The Morgan fingerprint density at radius 3 is 2.23 bits per heavy atom. The summed E-state index contributed by atoms with van der Waals surface area (Å²) in [6.07, 6.45) is -0.243. The smallest absolute Gasteiger partial charge is 0.408 e. The summed E-state index contributed by atoms with van der Waals surface area (Å²) < 4.78 is 5.24. The third kappa shape index (κ3) is 8.30. The van der Waals surface area contributed by atoms with Gasteiger partial charge in [-0.1, -0.05) is 74.0 Å². The average molecular weight is 446 g/mol. The summed E-state index contributed by atoms with van der Waals surface area (Å²) in [4.78, 5) is 37.1. The van der Waals surface area contributed by atoms with E-state index >= 15 is 0 Å². The lowest BCUT2D eigenvalue weighted by atomic mass is 10.0. The molecule has 0 aliphatic rings. The first kappa shape index (κ1) is 24.2. The normalized spacial score (nSPS) is 12.6. The van der Waals surface area contributed by atoms with Crippen LogP contribution in [0.4, 0.5) is 4.79 Å². The Bertz CT molecular complexity index is 889. The molecule has 0 unspecified atom stereocenters. The van der Waals surface area contributed by atoms with E-state index < -0.39 is 30.0 Å². The van der Waals surface area contributed by atoms with Crippen LogP contribution in [0.3, 0.4) is 0 Å². The Morgan fingerprint density at radius 2 is 1.61 bits per heavy atom. The molecule has 2 aromatic carbocycles. The minimum Gasteiger partial charge on any atom is -0.445 e. The van der Waals surface area contributed by atoms with Gasteiger partial charge < -0.3 is 21.1 Å². The molecule has 8 heteroatoms. The molecule has 31 heavy (non-hydrogen) atoms. The third-order valence-corrected chi connectivity index (χ3v) is 4.94. The second-order valence-corrected chi connectivity index (χ2v) is 8.05. The Labute approximate surface area is 187 Å². The lowest BCUT2D eigenvalue weighted by molar-refractivity contribution is -0.128. The van der Waals surface area contributed by atoms with E-state index in [1.807, 2.05) is 44.2 Å². The topological polar surface area (TPSA) is 111 Å². The first-order chi connectivity index (χ1) is 14.8. The number of halogens is 1. The molecule has 0 aromatic heterocycles. The minimum atomic E-state index is -1.00. The highest BCUT2D eigenvalue weighted by molar-refractivity contribution is 6.31. The molecule has 0 bridgehead atoms. The standard InChI is InChI=1S/C23H28ClN3O4/c1-15(2)12-19(21(25)28)26-22(29)20(13-17-10-6-7-11-18(17)24)27-23(30)31-14-16-8-4-3-5-9-16/h3-11,15,19-20H,12-14H2,1-2H3,(H2,25,28)(H,26,29)(H,27,30)/t19-,20+/m0/s1. The lowest BCUT2D eigenvalue weighted by Gasteiger charge is -2.23. The summed E-state index contributed by atoms with van der Waals surface area (Å²) in [5.74, 6) is -1.03. The molecule has 0 aliphatic heterocycles. The van der Waals surface area contributed by atoms with Crippen molar-refractivity contribution >= 4 is 29.5 Å². The van der Waals surface area contributed by atoms with Gasteiger partial charge in [0.2, 0.25) is 11.8 Å². The molecule has 7 nitrogen and oxygen atoms in total. The average Bonchev–Trinajstić information content (AvgIpc) is 2.73. The Balaban J connectivity index is 2.11. The van der Waals surface area contributed by atoms with Crippen LogP contribution in [0.25, 0.3) is 0 Å². The van der Waals surface area contributed by atoms with Crippen molar-refractivity contribution in [3.05, 3.63) is 70.7 Å². The van der Waals surface area contributed by atoms with Crippen LogP contribution in [0.2, 0.25) is 5.02 Å². The quantitative estimate of drug-likeness (QED) is 0.521. The van der Waals surface area contributed by atoms with Gasteiger partial charge in [0.05, 0.1) is 0 Å². The number of ether oxygens (including phenoxy) is 1. The van der Waals surface area contributed by atoms with Gasteiger partial charge in [0.25, 0.3) is 0 Å². The first-order valence-corrected chi connectivity index (χ1v) is 10.4. The second kappa shape index (κ2) is 12.0. The predicted octanol–water partition coefficient (Wildman–Crippen LogP) is 3.19. The minimum absolute atomic E-state index is 0.0599. The van der Waals surface area contributed by atoms with E-state index in [0.29, 0.717) is 17.0 Å². The molecule has 0 radical (unpaired) electrons. The molecule has 166 valence electrons. The fourth-order valence-electron chi connectivity index (χ4n) is 2.99. The number of nitrogens with two attached hydrogens (primary N) is 1. The Morgan fingerprint density at radius 1 is 0.968 bits per heavy atom. The highest BCUT2D eigenvalue weighted by Gasteiger charge is 2.27. The van der Waals surface area contributed by atoms with Crippen molar-refractivity contribution in [2.24, 2.45) is 11.7 Å². The maximum absolute atomic E-state index is 12.9. The maximum Gasteiger partial charge on any atom is 0.408 e. The fourth-order valence-corrected chi connectivity index (χ4v) is 3.20. The largest absolute Gasteiger partial charge is 0.445 e. The van der Waals surface area contributed by atoms with Crippen LogP contribution in [0.5, 0.6) is 0 Å². The molecule has 4 N–H and O–H groups in total. The monoisotopic (exact) mass is 445 g/mol. The molecular formula is C23H28ClN3O4. The molecule has 3 amide bonds. The lowest BCUT2D eigenvalue weighted by Crippen LogP contribution is -2.54. The molecule has 2 aromatic rings. The molecule has 0 aliphatic carbocycles. The van der Waals surface area contributed by atoms with Gasteiger partial charge in [0.15, 0.2) is 0 Å². The van der Waals surface area contributed by atoms with E-state index in [-0.39, 0.29) is 18.9 Å². The molecule has 2 atom stereocenters. The van der Waals surface area contributed by atoms with Crippen LogP contribution in [-0.4, -0.2) is 30.0 Å². The number of alkyl carbamates (subject to hydrolysis) is 1. The van der Waals surface area contributed by atoms with E-state index in [1.54, 1.807) is 24.3 Å². The van der Waals surface area contributed by atoms with Gasteiger partial charge in [-0.05, 0) is 29.5 Å². The number of carbonyl (C=O) groups is 3.